The number of hydrogen-bond acceptors (Lipinski definition) is 5. The fraction of sp³-hybridized carbons (Fsp3) is 0.0556. The Balaban J connectivity index is 1.84. The summed E-state index contributed by atoms with van der Waals surface area (Å²) in [5.74, 6) is 1.40. The van der Waals surface area contributed by atoms with Crippen molar-refractivity contribution < 1.29 is 0 Å². The lowest BCUT2D eigenvalue weighted by Crippen LogP contribution is -2.14. The number of anilines is 2. The maximum Gasteiger partial charge on any atom is 0.236 e. The van der Waals surface area contributed by atoms with Crippen molar-refractivity contribution in [2.24, 2.45) is 0 Å². The standard InChI is InChI=1S/C18H14ClN5S/c1-23(14-6-4-13(19)5-7-14)17-15(16-3-2-10-25-16)11-21-18(22-17)24-9-8-20-12-24/h2-12H,1H3. The summed E-state index contributed by atoms with van der Waals surface area (Å²) in [6, 6.07) is 11.8. The Morgan fingerprint density at radius 1 is 1.16 bits per heavy atom. The van der Waals surface area contributed by atoms with Crippen LogP contribution in [0.15, 0.2) is 66.7 Å². The number of thiophene rings is 1. The van der Waals surface area contributed by atoms with Crippen LogP contribution in [0.3, 0.4) is 0 Å². The van der Waals surface area contributed by atoms with Crippen molar-refractivity contribution in [3.05, 3.63) is 71.7 Å². The number of hydrogen-bond donors (Lipinski definition) is 0. The van der Waals surface area contributed by atoms with Crippen molar-refractivity contribution >= 4 is 34.4 Å². The zero-order valence-electron chi connectivity index (χ0n) is 13.4. The van der Waals surface area contributed by atoms with Gasteiger partial charge in [0.25, 0.3) is 0 Å². The minimum absolute atomic E-state index is 0.577. The largest absolute Gasteiger partial charge is 0.329 e. The van der Waals surface area contributed by atoms with Crippen LogP contribution in [-0.2, 0) is 0 Å². The van der Waals surface area contributed by atoms with Gasteiger partial charge in [0.15, 0.2) is 0 Å². The second-order valence-electron chi connectivity index (χ2n) is 5.39. The zero-order chi connectivity index (χ0) is 17.2. The summed E-state index contributed by atoms with van der Waals surface area (Å²) >= 11 is 7.68. The summed E-state index contributed by atoms with van der Waals surface area (Å²) in [7, 11) is 1.99. The highest BCUT2D eigenvalue weighted by Crippen LogP contribution is 2.35. The van der Waals surface area contributed by atoms with Crippen molar-refractivity contribution in [1.29, 1.82) is 0 Å². The molecule has 4 aromatic rings. The van der Waals surface area contributed by atoms with Crippen LogP contribution in [0.25, 0.3) is 16.4 Å². The van der Waals surface area contributed by atoms with Crippen molar-refractivity contribution in [1.82, 2.24) is 19.5 Å². The molecule has 3 heterocycles. The van der Waals surface area contributed by atoms with Gasteiger partial charge in [-0.1, -0.05) is 17.7 Å². The number of halogens is 1. The third kappa shape index (κ3) is 3.14. The second kappa shape index (κ2) is 6.66. The maximum absolute atomic E-state index is 6.01. The van der Waals surface area contributed by atoms with Crippen molar-refractivity contribution in [2.75, 3.05) is 11.9 Å². The van der Waals surface area contributed by atoms with Crippen molar-refractivity contribution in [2.45, 2.75) is 0 Å². The van der Waals surface area contributed by atoms with E-state index in [-0.39, 0.29) is 0 Å². The summed E-state index contributed by atoms with van der Waals surface area (Å²) < 4.78 is 1.79. The quantitative estimate of drug-likeness (QED) is 0.519. The minimum Gasteiger partial charge on any atom is -0.329 e. The van der Waals surface area contributed by atoms with Crippen LogP contribution in [-0.4, -0.2) is 26.6 Å². The molecule has 124 valence electrons. The number of rotatable bonds is 4. The van der Waals surface area contributed by atoms with Gasteiger partial charge < -0.3 is 4.90 Å². The first-order chi connectivity index (χ1) is 12.2. The minimum atomic E-state index is 0.577. The average Bonchev–Trinajstić information content (AvgIpc) is 3.35. The van der Waals surface area contributed by atoms with E-state index in [9.17, 15) is 0 Å². The first-order valence-electron chi connectivity index (χ1n) is 7.61. The van der Waals surface area contributed by atoms with E-state index in [1.807, 2.05) is 60.1 Å². The number of imidazole rings is 1. The highest BCUT2D eigenvalue weighted by molar-refractivity contribution is 7.13. The molecule has 0 atom stereocenters. The van der Waals surface area contributed by atoms with E-state index in [1.165, 1.54) is 0 Å². The molecule has 0 spiro atoms. The van der Waals surface area contributed by atoms with Gasteiger partial charge in [0, 0.05) is 41.2 Å². The Bertz CT molecular complexity index is 965. The molecule has 7 heteroatoms. The molecule has 0 aliphatic carbocycles. The van der Waals surface area contributed by atoms with Gasteiger partial charge in [-0.15, -0.1) is 11.3 Å². The molecular formula is C18H14ClN5S. The molecule has 4 rings (SSSR count). The van der Waals surface area contributed by atoms with E-state index in [0.717, 1.165) is 21.9 Å². The Labute approximate surface area is 154 Å². The topological polar surface area (TPSA) is 46.8 Å². The van der Waals surface area contributed by atoms with Gasteiger partial charge in [-0.3, -0.25) is 4.57 Å². The monoisotopic (exact) mass is 367 g/mol. The van der Waals surface area contributed by atoms with Crippen LogP contribution < -0.4 is 4.90 Å². The molecule has 0 fully saturated rings. The molecule has 25 heavy (non-hydrogen) atoms. The number of nitrogens with zero attached hydrogens (tertiary/aromatic N) is 5. The predicted molar refractivity (Wildman–Crippen MR) is 102 cm³/mol. The van der Waals surface area contributed by atoms with Crippen molar-refractivity contribution in [3.63, 3.8) is 0 Å². The van der Waals surface area contributed by atoms with E-state index in [2.05, 4.69) is 16.0 Å². The molecule has 1 aromatic carbocycles. The van der Waals surface area contributed by atoms with E-state index in [0.29, 0.717) is 11.0 Å². The molecule has 5 nitrogen and oxygen atoms in total. The van der Waals surface area contributed by atoms with Gasteiger partial charge in [0.1, 0.15) is 12.1 Å². The third-order valence-electron chi connectivity index (χ3n) is 3.81. The number of aromatic nitrogens is 4. The molecule has 0 radical (unpaired) electrons. The summed E-state index contributed by atoms with van der Waals surface area (Å²) in [5.41, 5.74) is 1.98. The molecule has 0 aliphatic heterocycles. The molecule has 0 unspecified atom stereocenters. The van der Waals surface area contributed by atoms with Crippen LogP contribution in [0, 0.1) is 0 Å². The second-order valence-corrected chi connectivity index (χ2v) is 6.77. The van der Waals surface area contributed by atoms with Gasteiger partial charge in [0.05, 0.1) is 5.56 Å². The summed E-state index contributed by atoms with van der Waals surface area (Å²) in [6.07, 6.45) is 7.08. The van der Waals surface area contributed by atoms with Crippen molar-refractivity contribution in [3.8, 4) is 16.4 Å². The first-order valence-corrected chi connectivity index (χ1v) is 8.86. The molecule has 0 bridgehead atoms. The summed E-state index contributed by atoms with van der Waals surface area (Å²) in [5, 5.41) is 2.75. The maximum atomic E-state index is 6.01. The Hall–Kier alpha value is -2.70. The van der Waals surface area contributed by atoms with Crippen LogP contribution in [0.4, 0.5) is 11.5 Å². The van der Waals surface area contributed by atoms with E-state index >= 15 is 0 Å². The first kappa shape index (κ1) is 15.8. The Morgan fingerprint density at radius 2 is 2.00 bits per heavy atom. The molecule has 0 saturated carbocycles. The summed E-state index contributed by atoms with van der Waals surface area (Å²) in [4.78, 5) is 16.5. The van der Waals surface area contributed by atoms with Gasteiger partial charge in [-0.25, -0.2) is 9.97 Å². The molecule has 0 amide bonds. The third-order valence-corrected chi connectivity index (χ3v) is 4.96. The molecule has 0 N–H and O–H groups in total. The highest BCUT2D eigenvalue weighted by Gasteiger charge is 2.16. The normalized spacial score (nSPS) is 10.8. The van der Waals surface area contributed by atoms with Crippen LogP contribution >= 0.6 is 22.9 Å². The number of benzene rings is 1. The fourth-order valence-corrected chi connectivity index (χ4v) is 3.37. The van der Waals surface area contributed by atoms with Crippen LogP contribution in [0.2, 0.25) is 5.02 Å². The zero-order valence-corrected chi connectivity index (χ0v) is 14.9. The Morgan fingerprint density at radius 3 is 2.68 bits per heavy atom. The predicted octanol–water partition coefficient (Wildman–Crippen LogP) is 4.81. The van der Waals surface area contributed by atoms with Crippen LogP contribution in [0.1, 0.15) is 0 Å². The van der Waals surface area contributed by atoms with Gasteiger partial charge in [0.2, 0.25) is 5.95 Å². The van der Waals surface area contributed by atoms with Crippen LogP contribution in [0.5, 0.6) is 0 Å². The lowest BCUT2D eigenvalue weighted by Gasteiger charge is -2.21. The Kier molecular flexibility index (Phi) is 4.21. The van der Waals surface area contributed by atoms with E-state index < -0.39 is 0 Å². The molecule has 3 aromatic heterocycles. The lowest BCUT2D eigenvalue weighted by molar-refractivity contribution is 0.918. The highest BCUT2D eigenvalue weighted by atomic mass is 35.5. The molecule has 0 saturated heterocycles. The van der Waals surface area contributed by atoms with Gasteiger partial charge in [-0.2, -0.15) is 4.98 Å². The average molecular weight is 368 g/mol. The fourth-order valence-electron chi connectivity index (χ4n) is 2.51. The van der Waals surface area contributed by atoms with Gasteiger partial charge >= 0.3 is 0 Å². The van der Waals surface area contributed by atoms with Gasteiger partial charge in [-0.05, 0) is 35.7 Å². The smallest absolute Gasteiger partial charge is 0.236 e. The molecular weight excluding hydrogens is 354 g/mol. The lowest BCUT2D eigenvalue weighted by atomic mass is 10.2. The molecule has 0 aliphatic rings. The SMILES string of the molecule is CN(c1ccc(Cl)cc1)c1nc(-n2ccnc2)ncc1-c1cccs1. The summed E-state index contributed by atoms with van der Waals surface area (Å²) in [6.45, 7) is 0. The van der Waals surface area contributed by atoms with E-state index in [1.54, 1.807) is 28.4 Å². The van der Waals surface area contributed by atoms with E-state index in [4.69, 9.17) is 16.6 Å².